The molecule has 1 aliphatic rings. The highest BCUT2D eigenvalue weighted by molar-refractivity contribution is 5.96. The Kier molecular flexibility index (Phi) is 5.43. The summed E-state index contributed by atoms with van der Waals surface area (Å²) in [5.41, 5.74) is 4.71. The molecule has 0 radical (unpaired) electrons. The van der Waals surface area contributed by atoms with Crippen LogP contribution in [0.25, 0.3) is 22.3 Å². The Morgan fingerprint density at radius 1 is 1.15 bits per heavy atom. The van der Waals surface area contributed by atoms with Crippen molar-refractivity contribution in [3.05, 3.63) is 65.7 Å². The van der Waals surface area contributed by atoms with Crippen molar-refractivity contribution in [2.24, 2.45) is 12.0 Å². The van der Waals surface area contributed by atoms with E-state index in [2.05, 4.69) is 20.1 Å². The first-order valence-electron chi connectivity index (χ1n) is 11.0. The summed E-state index contributed by atoms with van der Waals surface area (Å²) in [6, 6.07) is 10.9. The lowest BCUT2D eigenvalue weighted by Gasteiger charge is -2.30. The number of amides is 1. The van der Waals surface area contributed by atoms with Crippen molar-refractivity contribution in [1.29, 1.82) is 0 Å². The van der Waals surface area contributed by atoms with Crippen molar-refractivity contribution in [2.75, 3.05) is 0 Å². The molecule has 0 unspecified atom stereocenters. The lowest BCUT2D eigenvalue weighted by atomic mass is 9.90. The molecule has 1 saturated carbocycles. The van der Waals surface area contributed by atoms with Crippen LogP contribution in [0.5, 0.6) is 0 Å². The summed E-state index contributed by atoms with van der Waals surface area (Å²) in [7, 11) is 1.83. The Morgan fingerprint density at radius 2 is 1.91 bits per heavy atom. The number of rotatable bonds is 3. The summed E-state index contributed by atoms with van der Waals surface area (Å²) in [5, 5.41) is 24.7. The Morgan fingerprint density at radius 3 is 2.64 bits per heavy atom. The van der Waals surface area contributed by atoms with Crippen molar-refractivity contribution in [3.8, 4) is 11.3 Å². The fourth-order valence-electron chi connectivity index (χ4n) is 4.63. The normalized spacial score (nSPS) is 21.6. The first-order chi connectivity index (χ1) is 15.9. The minimum absolute atomic E-state index is 0.184. The number of pyridine rings is 1. The van der Waals surface area contributed by atoms with Crippen LogP contribution < -0.4 is 5.62 Å². The van der Waals surface area contributed by atoms with Gasteiger partial charge in [0.25, 0.3) is 5.91 Å². The van der Waals surface area contributed by atoms with Gasteiger partial charge >= 0.3 is 0 Å². The molecule has 1 aromatic carbocycles. The second-order valence-corrected chi connectivity index (χ2v) is 8.71. The number of carbonyl (C=O) groups excluding carboxylic acids is 1. The van der Waals surface area contributed by atoms with Gasteiger partial charge in [0.15, 0.2) is 0 Å². The van der Waals surface area contributed by atoms with Gasteiger partial charge in [0, 0.05) is 36.1 Å². The van der Waals surface area contributed by atoms with Gasteiger partial charge in [-0.15, -0.1) is 0 Å². The molecule has 0 bridgehead atoms. The Balaban J connectivity index is 1.60. The number of nitrogens with one attached hydrogen (secondary N) is 1. The molecule has 5 rings (SSSR count). The first kappa shape index (κ1) is 21.3. The van der Waals surface area contributed by atoms with E-state index in [1.165, 1.54) is 0 Å². The van der Waals surface area contributed by atoms with Crippen molar-refractivity contribution in [3.63, 3.8) is 0 Å². The van der Waals surface area contributed by atoms with E-state index in [0.717, 1.165) is 16.6 Å². The van der Waals surface area contributed by atoms with Crippen LogP contribution in [-0.2, 0) is 7.05 Å². The summed E-state index contributed by atoms with van der Waals surface area (Å²) in [6.07, 6.45) is 3.68. The van der Waals surface area contributed by atoms with Gasteiger partial charge in [0.1, 0.15) is 0 Å². The molecule has 0 spiro atoms. The van der Waals surface area contributed by atoms with E-state index in [-0.39, 0.29) is 6.04 Å². The lowest BCUT2D eigenvalue weighted by molar-refractivity contribution is 0.0176. The van der Waals surface area contributed by atoms with Crippen LogP contribution in [-0.4, -0.2) is 52.6 Å². The number of fused-ring (bicyclic) bond motifs is 1. The number of imidazole rings is 1. The van der Waals surface area contributed by atoms with E-state index in [1.807, 2.05) is 49.0 Å². The number of aliphatic hydroxyl groups is 2. The zero-order valence-corrected chi connectivity index (χ0v) is 18.5. The molecule has 1 amide bonds. The standard InChI is InChI=1S/C24H26N6O3/c1-14-7-15(8-21(26-14)16-12-25-29(2)13-16)23(33)28-24-27-20-5-3-4-6-22(20)30(24)17-9-18(31)11-19(32)10-17/h3-8,12-13,17-19,31-32H,9-11H2,1-2H3,(H,27,28,33)/t17-,18+,19-. The van der Waals surface area contributed by atoms with Crippen LogP contribution in [0.15, 0.2) is 53.8 Å². The average Bonchev–Trinajstić information content (AvgIpc) is 3.35. The van der Waals surface area contributed by atoms with Crippen LogP contribution in [0.3, 0.4) is 0 Å². The molecule has 3 aromatic heterocycles. The fourth-order valence-corrected chi connectivity index (χ4v) is 4.63. The Bertz CT molecular complexity index is 1390. The van der Waals surface area contributed by atoms with Gasteiger partial charge in [-0.3, -0.25) is 14.5 Å². The molecule has 0 saturated heterocycles. The molecule has 4 aromatic rings. The summed E-state index contributed by atoms with van der Waals surface area (Å²) < 4.78 is 3.61. The molecule has 0 aliphatic heterocycles. The maximum Gasteiger partial charge on any atom is 0.280 e. The van der Waals surface area contributed by atoms with Crippen molar-refractivity contribution < 1.29 is 15.0 Å². The molecule has 170 valence electrons. The van der Waals surface area contributed by atoms with Crippen molar-refractivity contribution in [2.45, 2.75) is 44.4 Å². The van der Waals surface area contributed by atoms with Gasteiger partial charge in [-0.2, -0.15) is 10.1 Å². The number of para-hydroxylation sites is 2. The molecule has 3 atom stereocenters. The van der Waals surface area contributed by atoms with Crippen LogP contribution in [0.1, 0.15) is 41.4 Å². The summed E-state index contributed by atoms with van der Waals surface area (Å²) in [4.78, 5) is 25.5. The number of aromatic amines is 1. The van der Waals surface area contributed by atoms with Crippen LogP contribution in [0.2, 0.25) is 0 Å². The maximum absolute atomic E-state index is 13.2. The molecule has 33 heavy (non-hydrogen) atoms. The highest BCUT2D eigenvalue weighted by Crippen LogP contribution is 2.30. The van der Waals surface area contributed by atoms with E-state index in [9.17, 15) is 15.0 Å². The topological polar surface area (TPSA) is 121 Å². The lowest BCUT2D eigenvalue weighted by Crippen LogP contribution is -2.35. The van der Waals surface area contributed by atoms with E-state index in [0.29, 0.717) is 41.8 Å². The van der Waals surface area contributed by atoms with Gasteiger partial charge in [0.05, 0.1) is 35.1 Å². The largest absolute Gasteiger partial charge is 0.393 e. The average molecular weight is 447 g/mol. The number of hydrogen-bond acceptors (Lipinski definition) is 5. The number of aryl methyl sites for hydroxylation is 2. The summed E-state index contributed by atoms with van der Waals surface area (Å²) in [5.74, 6) is -0.400. The van der Waals surface area contributed by atoms with E-state index in [4.69, 9.17) is 0 Å². The third kappa shape index (κ3) is 4.24. The van der Waals surface area contributed by atoms with E-state index >= 15 is 0 Å². The molecule has 3 N–H and O–H groups in total. The predicted octanol–water partition coefficient (Wildman–Crippen LogP) is 2.26. The van der Waals surface area contributed by atoms with E-state index < -0.39 is 18.1 Å². The van der Waals surface area contributed by atoms with Gasteiger partial charge in [0.2, 0.25) is 5.62 Å². The van der Waals surface area contributed by atoms with Gasteiger partial charge in [-0.1, -0.05) is 12.1 Å². The molecule has 3 heterocycles. The quantitative estimate of drug-likeness (QED) is 0.446. The summed E-state index contributed by atoms with van der Waals surface area (Å²) >= 11 is 0. The second-order valence-electron chi connectivity index (χ2n) is 8.71. The van der Waals surface area contributed by atoms with Gasteiger partial charge < -0.3 is 19.8 Å². The van der Waals surface area contributed by atoms with Crippen molar-refractivity contribution >= 4 is 16.9 Å². The SMILES string of the molecule is Cc1cc(C(=O)/N=c2\[nH]c3ccccc3n2[C@@H]2C[C@H](O)C[C@H](O)C2)cc(-c2cnn(C)c2)n1. The second kappa shape index (κ2) is 8.42. The van der Waals surface area contributed by atoms with Crippen LogP contribution >= 0.6 is 0 Å². The predicted molar refractivity (Wildman–Crippen MR) is 122 cm³/mol. The van der Waals surface area contributed by atoms with Crippen molar-refractivity contribution in [1.82, 2.24) is 24.3 Å². The number of carbonyl (C=O) groups is 1. The number of nitrogens with zero attached hydrogens (tertiary/aromatic N) is 5. The van der Waals surface area contributed by atoms with Crippen LogP contribution in [0, 0.1) is 6.92 Å². The zero-order valence-electron chi connectivity index (χ0n) is 18.5. The zero-order chi connectivity index (χ0) is 23.1. The van der Waals surface area contributed by atoms with Crippen LogP contribution in [0.4, 0.5) is 0 Å². The highest BCUT2D eigenvalue weighted by atomic mass is 16.3. The number of hydrogen-bond donors (Lipinski definition) is 3. The molecule has 9 heteroatoms. The minimum atomic E-state index is -0.603. The Labute approximate surface area is 190 Å². The molecular formula is C24H26N6O3. The molecule has 1 fully saturated rings. The highest BCUT2D eigenvalue weighted by Gasteiger charge is 2.29. The van der Waals surface area contributed by atoms with E-state index in [1.54, 1.807) is 23.0 Å². The molecule has 1 aliphatic carbocycles. The monoisotopic (exact) mass is 446 g/mol. The van der Waals surface area contributed by atoms with Gasteiger partial charge in [-0.05, 0) is 50.5 Å². The number of H-pyrrole nitrogens is 1. The number of aliphatic hydroxyl groups excluding tert-OH is 2. The first-order valence-corrected chi connectivity index (χ1v) is 11.0. The molecular weight excluding hydrogens is 420 g/mol. The smallest absolute Gasteiger partial charge is 0.280 e. The third-order valence-corrected chi connectivity index (χ3v) is 6.04. The fraction of sp³-hybridized carbons (Fsp3) is 0.333. The third-order valence-electron chi connectivity index (χ3n) is 6.04. The Hall–Kier alpha value is -3.56. The number of benzene rings is 1. The number of aromatic nitrogens is 5. The maximum atomic E-state index is 13.2. The van der Waals surface area contributed by atoms with Gasteiger partial charge in [-0.25, -0.2) is 0 Å². The minimum Gasteiger partial charge on any atom is -0.393 e. The summed E-state index contributed by atoms with van der Waals surface area (Å²) in [6.45, 7) is 1.84. The molecule has 9 nitrogen and oxygen atoms in total.